The lowest BCUT2D eigenvalue weighted by Crippen LogP contribution is -2.69. The van der Waals surface area contributed by atoms with E-state index in [1.165, 1.54) is 12.8 Å². The van der Waals surface area contributed by atoms with E-state index in [1.54, 1.807) is 0 Å². The Morgan fingerprint density at radius 3 is 2.23 bits per heavy atom. The van der Waals surface area contributed by atoms with Gasteiger partial charge in [-0.3, -0.25) is 0 Å². The van der Waals surface area contributed by atoms with Crippen molar-refractivity contribution in [3.8, 4) is 0 Å². The molecular formula is C26H44O5. The molecule has 5 nitrogen and oxygen atoms in total. The van der Waals surface area contributed by atoms with Gasteiger partial charge >= 0.3 is 0 Å². The number of hydrogen-bond donors (Lipinski definition) is 0. The number of hydrogen-bond acceptors (Lipinski definition) is 5. The first-order valence-corrected chi connectivity index (χ1v) is 12.7. The first-order valence-electron chi connectivity index (χ1n) is 12.7. The largest absolute Gasteiger partial charge is 0.365 e. The topological polar surface area (TPSA) is 46.2 Å². The van der Waals surface area contributed by atoms with E-state index in [2.05, 4.69) is 34.6 Å². The van der Waals surface area contributed by atoms with Crippen LogP contribution in [0.15, 0.2) is 0 Å². The molecule has 0 aromatic heterocycles. The molecule has 5 heteroatoms. The Balaban J connectivity index is 1.47. The molecule has 178 valence electrons. The molecule has 0 bridgehead atoms. The van der Waals surface area contributed by atoms with Crippen molar-refractivity contribution in [3.05, 3.63) is 0 Å². The lowest BCUT2D eigenvalue weighted by atomic mass is 9.43. The lowest BCUT2D eigenvalue weighted by molar-refractivity contribution is -0.359. The molecule has 0 unspecified atom stereocenters. The van der Waals surface area contributed by atoms with Crippen LogP contribution in [0.4, 0.5) is 0 Å². The first-order chi connectivity index (χ1) is 14.4. The van der Waals surface area contributed by atoms with Crippen LogP contribution in [-0.2, 0) is 23.7 Å². The van der Waals surface area contributed by atoms with Gasteiger partial charge < -0.3 is 23.7 Å². The van der Waals surface area contributed by atoms with Crippen molar-refractivity contribution in [2.45, 2.75) is 122 Å². The van der Waals surface area contributed by atoms with Gasteiger partial charge in [0.15, 0.2) is 11.6 Å². The van der Waals surface area contributed by atoms with Gasteiger partial charge in [0.1, 0.15) is 0 Å². The standard InChI is InChI=1S/C26H44O5/c1-18-8-9-19-23(6)16-28-22(4,5)30-20(23)10-11-24(19,7)26(18)13-12-25(31-26)14-15-27-21(2,3)29-17-25/h18-20H,8-17H2,1-7H3/t18-,19-,20-,23+,24+,25+,26-/m1/s1. The second-order valence-corrected chi connectivity index (χ2v) is 12.7. The van der Waals surface area contributed by atoms with Crippen LogP contribution in [0.2, 0.25) is 0 Å². The van der Waals surface area contributed by atoms with Crippen molar-refractivity contribution in [2.24, 2.45) is 22.7 Å². The molecule has 2 saturated carbocycles. The smallest absolute Gasteiger partial charge is 0.163 e. The normalized spacial score (nSPS) is 53.7. The van der Waals surface area contributed by atoms with Gasteiger partial charge in [-0.2, -0.15) is 0 Å². The van der Waals surface area contributed by atoms with Crippen LogP contribution in [0, 0.1) is 22.7 Å². The maximum atomic E-state index is 7.36. The predicted molar refractivity (Wildman–Crippen MR) is 119 cm³/mol. The van der Waals surface area contributed by atoms with Crippen LogP contribution >= 0.6 is 0 Å². The molecule has 5 fully saturated rings. The molecule has 0 amide bonds. The summed E-state index contributed by atoms with van der Waals surface area (Å²) in [7, 11) is 0. The molecule has 2 spiro atoms. The van der Waals surface area contributed by atoms with E-state index in [0.29, 0.717) is 25.0 Å². The van der Waals surface area contributed by atoms with Crippen molar-refractivity contribution in [3.63, 3.8) is 0 Å². The quantitative estimate of drug-likeness (QED) is 0.505. The number of fused-ring (bicyclic) bond motifs is 4. The Morgan fingerprint density at radius 2 is 1.45 bits per heavy atom. The number of rotatable bonds is 0. The summed E-state index contributed by atoms with van der Waals surface area (Å²) in [5.41, 5.74) is -0.156. The molecule has 5 rings (SSSR count). The van der Waals surface area contributed by atoms with Crippen LogP contribution in [0.5, 0.6) is 0 Å². The van der Waals surface area contributed by atoms with E-state index in [-0.39, 0.29) is 28.1 Å². The summed E-state index contributed by atoms with van der Waals surface area (Å²) in [6.45, 7) is 17.7. The van der Waals surface area contributed by atoms with E-state index in [9.17, 15) is 0 Å². The van der Waals surface area contributed by atoms with E-state index in [4.69, 9.17) is 23.7 Å². The van der Waals surface area contributed by atoms with E-state index in [1.807, 2.05) is 13.8 Å². The fourth-order valence-corrected chi connectivity index (χ4v) is 8.18. The van der Waals surface area contributed by atoms with E-state index in [0.717, 1.165) is 38.7 Å². The molecule has 0 aromatic carbocycles. The minimum absolute atomic E-state index is 0.0415. The second kappa shape index (κ2) is 6.91. The minimum Gasteiger partial charge on any atom is -0.365 e. The van der Waals surface area contributed by atoms with Gasteiger partial charge in [0.05, 0.1) is 37.1 Å². The molecule has 3 saturated heterocycles. The third-order valence-electron chi connectivity index (χ3n) is 10.1. The van der Waals surface area contributed by atoms with Crippen molar-refractivity contribution in [1.29, 1.82) is 0 Å². The fourth-order valence-electron chi connectivity index (χ4n) is 8.18. The molecule has 0 aromatic rings. The number of ether oxygens (including phenoxy) is 5. The van der Waals surface area contributed by atoms with Gasteiger partial charge in [0, 0.05) is 17.3 Å². The van der Waals surface area contributed by atoms with Crippen LogP contribution in [0.3, 0.4) is 0 Å². The fraction of sp³-hybridized carbons (Fsp3) is 1.00. The van der Waals surface area contributed by atoms with Crippen LogP contribution in [-0.4, -0.2) is 48.7 Å². The highest BCUT2D eigenvalue weighted by Gasteiger charge is 2.70. The molecule has 3 heterocycles. The lowest BCUT2D eigenvalue weighted by Gasteiger charge is -2.67. The van der Waals surface area contributed by atoms with Gasteiger partial charge in [-0.1, -0.05) is 20.8 Å². The molecule has 7 atom stereocenters. The average Bonchev–Trinajstić information content (AvgIpc) is 3.00. The zero-order valence-corrected chi connectivity index (χ0v) is 20.8. The van der Waals surface area contributed by atoms with Gasteiger partial charge in [-0.25, -0.2) is 0 Å². The van der Waals surface area contributed by atoms with Gasteiger partial charge in [0.25, 0.3) is 0 Å². The van der Waals surface area contributed by atoms with Crippen LogP contribution < -0.4 is 0 Å². The Labute approximate surface area is 188 Å². The summed E-state index contributed by atoms with van der Waals surface area (Å²) >= 11 is 0. The third-order valence-corrected chi connectivity index (χ3v) is 10.1. The Morgan fingerprint density at radius 1 is 0.710 bits per heavy atom. The molecule has 31 heavy (non-hydrogen) atoms. The SMILES string of the molecule is C[C@@H]1CC[C@@H]2[C@]3(C)COC(C)(C)O[C@@H]3CC[C@]2(C)[C@@]12CC[C@@]1(CCOC(C)(C)OC1)O2. The van der Waals surface area contributed by atoms with Gasteiger partial charge in [0.2, 0.25) is 0 Å². The highest BCUT2D eigenvalue weighted by Crippen LogP contribution is 2.69. The van der Waals surface area contributed by atoms with Crippen LogP contribution in [0.1, 0.15) is 93.4 Å². The molecule has 5 aliphatic rings. The van der Waals surface area contributed by atoms with E-state index >= 15 is 0 Å². The summed E-state index contributed by atoms with van der Waals surface area (Å²) < 4.78 is 32.3. The molecule has 3 aliphatic heterocycles. The second-order valence-electron chi connectivity index (χ2n) is 12.7. The zero-order chi connectivity index (χ0) is 22.3. The Hall–Kier alpha value is -0.200. The summed E-state index contributed by atoms with van der Waals surface area (Å²) in [4.78, 5) is 0. The van der Waals surface area contributed by atoms with Crippen molar-refractivity contribution < 1.29 is 23.7 Å². The maximum Gasteiger partial charge on any atom is 0.163 e. The molecule has 2 aliphatic carbocycles. The van der Waals surface area contributed by atoms with E-state index < -0.39 is 11.6 Å². The Bertz CT molecular complexity index is 721. The zero-order valence-electron chi connectivity index (χ0n) is 20.8. The first kappa shape index (κ1) is 22.6. The Kier molecular flexibility index (Phi) is 5.04. The van der Waals surface area contributed by atoms with Crippen molar-refractivity contribution in [2.75, 3.05) is 19.8 Å². The highest BCUT2D eigenvalue weighted by molar-refractivity contribution is 5.18. The molecule has 0 radical (unpaired) electrons. The maximum absolute atomic E-state index is 7.36. The average molecular weight is 437 g/mol. The van der Waals surface area contributed by atoms with Crippen molar-refractivity contribution >= 4 is 0 Å². The van der Waals surface area contributed by atoms with Crippen LogP contribution in [0.25, 0.3) is 0 Å². The molecule has 0 N–H and O–H groups in total. The molecular weight excluding hydrogens is 392 g/mol. The minimum atomic E-state index is -0.525. The van der Waals surface area contributed by atoms with Crippen molar-refractivity contribution in [1.82, 2.24) is 0 Å². The van der Waals surface area contributed by atoms with Gasteiger partial charge in [-0.15, -0.1) is 0 Å². The predicted octanol–water partition coefficient (Wildman–Crippen LogP) is 5.45. The summed E-state index contributed by atoms with van der Waals surface area (Å²) in [6, 6.07) is 0. The summed E-state index contributed by atoms with van der Waals surface area (Å²) in [5.74, 6) is 0.0890. The highest BCUT2D eigenvalue weighted by atomic mass is 16.7. The van der Waals surface area contributed by atoms with Gasteiger partial charge in [-0.05, 0) is 78.1 Å². The third kappa shape index (κ3) is 3.28. The summed E-state index contributed by atoms with van der Waals surface area (Å²) in [6.07, 6.45) is 8.09. The summed E-state index contributed by atoms with van der Waals surface area (Å²) in [5, 5.41) is 0. The monoisotopic (exact) mass is 436 g/mol.